The van der Waals surface area contributed by atoms with Gasteiger partial charge in [0.1, 0.15) is 6.04 Å². The third kappa shape index (κ3) is 4.35. The predicted octanol–water partition coefficient (Wildman–Crippen LogP) is 3.80. The number of carbonyl (C=O) groups is 3. The molecule has 1 aliphatic carbocycles. The largest absolute Gasteiger partial charge is 0.381 e. The van der Waals surface area contributed by atoms with Gasteiger partial charge in [0.25, 0.3) is 11.8 Å². The minimum atomic E-state index is -0.820. The van der Waals surface area contributed by atoms with Crippen LogP contribution in [0.1, 0.15) is 83.7 Å². The Morgan fingerprint density at radius 2 is 1.86 bits per heavy atom. The lowest BCUT2D eigenvalue weighted by molar-refractivity contribution is -0.125. The normalized spacial score (nSPS) is 23.9. The van der Waals surface area contributed by atoms with Crippen LogP contribution < -0.4 is 10.6 Å². The van der Waals surface area contributed by atoms with Crippen molar-refractivity contribution in [2.24, 2.45) is 5.41 Å². The summed E-state index contributed by atoms with van der Waals surface area (Å²) < 4.78 is 7.66. The van der Waals surface area contributed by atoms with Gasteiger partial charge in [0, 0.05) is 42.9 Å². The number of hydrogen-bond donors (Lipinski definition) is 2. The maximum absolute atomic E-state index is 13.3. The van der Waals surface area contributed by atoms with E-state index in [1.807, 2.05) is 6.20 Å². The summed E-state index contributed by atoms with van der Waals surface area (Å²) in [5.41, 5.74) is 3.33. The van der Waals surface area contributed by atoms with Crippen LogP contribution in [0.25, 0.3) is 0 Å². The third-order valence-electron chi connectivity index (χ3n) is 8.66. The molecule has 3 aliphatic heterocycles. The van der Waals surface area contributed by atoms with Gasteiger partial charge in [-0.2, -0.15) is 5.10 Å². The van der Waals surface area contributed by atoms with Gasteiger partial charge in [-0.05, 0) is 68.9 Å². The summed E-state index contributed by atoms with van der Waals surface area (Å²) in [6.45, 7) is 6.04. The van der Waals surface area contributed by atoms with Crippen LogP contribution in [-0.4, -0.2) is 51.7 Å². The highest BCUT2D eigenvalue weighted by atomic mass is 16.5. The minimum absolute atomic E-state index is 0.325. The zero-order chi connectivity index (χ0) is 25.6. The van der Waals surface area contributed by atoms with E-state index < -0.39 is 17.9 Å². The summed E-state index contributed by atoms with van der Waals surface area (Å²) >= 11 is 0. The fourth-order valence-electron chi connectivity index (χ4n) is 6.39. The number of amides is 3. The number of ether oxygens (including phenoxy) is 1. The van der Waals surface area contributed by atoms with Crippen LogP contribution in [0.5, 0.6) is 0 Å². The van der Waals surface area contributed by atoms with Gasteiger partial charge >= 0.3 is 0 Å². The molecule has 1 atom stereocenters. The van der Waals surface area contributed by atoms with Gasteiger partial charge in [-0.1, -0.05) is 12.6 Å². The number of fused-ring (bicyclic) bond motifs is 1. The molecular weight excluding hydrogens is 470 g/mol. The summed E-state index contributed by atoms with van der Waals surface area (Å²) in [6, 6.07) is 4.80. The minimum Gasteiger partial charge on any atom is -0.381 e. The molecule has 0 bridgehead atoms. The zero-order valence-corrected chi connectivity index (χ0v) is 21.0. The van der Waals surface area contributed by atoms with Crippen LogP contribution in [0.2, 0.25) is 0 Å². The van der Waals surface area contributed by atoms with E-state index in [-0.39, 0.29) is 5.91 Å². The van der Waals surface area contributed by atoms with Crippen molar-refractivity contribution >= 4 is 23.4 Å². The first-order valence-corrected chi connectivity index (χ1v) is 13.3. The molecule has 2 aromatic rings. The summed E-state index contributed by atoms with van der Waals surface area (Å²) in [4.78, 5) is 40.1. The van der Waals surface area contributed by atoms with E-state index in [1.54, 1.807) is 18.2 Å². The number of hydrogen-bond acceptors (Lipinski definition) is 6. The Bertz CT molecular complexity index is 1250. The highest BCUT2D eigenvalue weighted by molar-refractivity contribution is 6.25. The molecule has 194 valence electrons. The van der Waals surface area contributed by atoms with Crippen molar-refractivity contribution in [3.05, 3.63) is 59.6 Å². The maximum atomic E-state index is 13.3. The van der Waals surface area contributed by atoms with Crippen LogP contribution in [-0.2, 0) is 16.1 Å². The van der Waals surface area contributed by atoms with Gasteiger partial charge in [0.15, 0.2) is 0 Å². The molecule has 3 amide bonds. The molecule has 37 heavy (non-hydrogen) atoms. The number of allylic oxidation sites excluding steroid dienone is 1. The molecule has 1 aromatic heterocycles. The second-order valence-corrected chi connectivity index (χ2v) is 10.9. The molecule has 4 aliphatic rings. The molecule has 6 rings (SSSR count). The van der Waals surface area contributed by atoms with Gasteiger partial charge in [-0.3, -0.25) is 24.0 Å². The average Bonchev–Trinajstić information content (AvgIpc) is 3.47. The number of rotatable bonds is 5. The summed E-state index contributed by atoms with van der Waals surface area (Å²) in [7, 11) is 0. The van der Waals surface area contributed by atoms with Crippen LogP contribution in [0, 0.1) is 5.41 Å². The van der Waals surface area contributed by atoms with E-state index in [4.69, 9.17) is 4.74 Å². The number of anilines is 1. The first-order chi connectivity index (χ1) is 17.9. The zero-order valence-electron chi connectivity index (χ0n) is 21.0. The Hall–Kier alpha value is -3.46. The fourth-order valence-corrected chi connectivity index (χ4v) is 6.39. The lowest BCUT2D eigenvalue weighted by atomic mass is 9.68. The maximum Gasteiger partial charge on any atom is 0.264 e. The quantitative estimate of drug-likeness (QED) is 0.602. The van der Waals surface area contributed by atoms with E-state index >= 15 is 0 Å². The smallest absolute Gasteiger partial charge is 0.264 e. The lowest BCUT2D eigenvalue weighted by Gasteiger charge is -2.42. The number of piperidine rings is 1. The molecule has 9 nitrogen and oxygen atoms in total. The Balaban J connectivity index is 1.12. The highest BCUT2D eigenvalue weighted by Crippen LogP contribution is 2.47. The van der Waals surface area contributed by atoms with Gasteiger partial charge < -0.3 is 15.4 Å². The number of nitrogens with one attached hydrogen (secondary N) is 2. The van der Waals surface area contributed by atoms with Gasteiger partial charge in [-0.15, -0.1) is 0 Å². The molecule has 0 radical (unpaired) electrons. The Morgan fingerprint density at radius 1 is 1.08 bits per heavy atom. The first kappa shape index (κ1) is 23.9. The average molecular weight is 504 g/mol. The van der Waals surface area contributed by atoms with Crippen LogP contribution in [0.4, 0.5) is 5.69 Å². The Labute approximate surface area is 216 Å². The molecular formula is C28H33N5O4. The Kier molecular flexibility index (Phi) is 6.10. The molecule has 1 spiro atoms. The van der Waals surface area contributed by atoms with Gasteiger partial charge in [0.2, 0.25) is 5.91 Å². The SMILES string of the molecule is C=C1CCC(N2C(=O)c3cccc(NCc4cnn(C5CCC6(CCOCC6)CC5)c4)c3C2=O)C(=O)N1. The number of benzene rings is 1. The van der Waals surface area contributed by atoms with Crippen molar-refractivity contribution in [3.63, 3.8) is 0 Å². The van der Waals surface area contributed by atoms with Gasteiger partial charge in [0.05, 0.1) is 23.4 Å². The van der Waals surface area contributed by atoms with Crippen molar-refractivity contribution in [1.82, 2.24) is 20.0 Å². The molecule has 4 heterocycles. The molecule has 2 saturated heterocycles. The van der Waals surface area contributed by atoms with Crippen LogP contribution in [0.15, 0.2) is 42.9 Å². The molecule has 1 aromatic carbocycles. The number of aromatic nitrogens is 2. The number of carbonyl (C=O) groups excluding carboxylic acids is 3. The highest BCUT2D eigenvalue weighted by Gasteiger charge is 2.45. The second-order valence-electron chi connectivity index (χ2n) is 10.9. The van der Waals surface area contributed by atoms with Crippen molar-refractivity contribution in [3.8, 4) is 0 Å². The van der Waals surface area contributed by atoms with Crippen molar-refractivity contribution in [1.29, 1.82) is 0 Å². The summed E-state index contributed by atoms with van der Waals surface area (Å²) in [5, 5.41) is 10.7. The number of imide groups is 1. The molecule has 9 heteroatoms. The monoisotopic (exact) mass is 503 g/mol. The Morgan fingerprint density at radius 3 is 2.62 bits per heavy atom. The van der Waals surface area contributed by atoms with Crippen molar-refractivity contribution < 1.29 is 19.1 Å². The topological polar surface area (TPSA) is 106 Å². The standard InChI is InChI=1S/C28H33N5O4/c1-18-5-6-23(25(34)31-18)33-26(35)21-3-2-4-22(24(21)27(33)36)29-15-19-16-30-32(17-19)20-7-9-28(10-8-20)11-13-37-14-12-28/h2-4,16-17,20,23,29H,1,5-15H2,(H,31,34). The number of nitrogens with zero attached hydrogens (tertiary/aromatic N) is 3. The first-order valence-electron chi connectivity index (χ1n) is 13.3. The van der Waals surface area contributed by atoms with Gasteiger partial charge in [-0.25, -0.2) is 0 Å². The van der Waals surface area contributed by atoms with E-state index in [1.165, 1.54) is 25.7 Å². The van der Waals surface area contributed by atoms with Crippen LogP contribution >= 0.6 is 0 Å². The summed E-state index contributed by atoms with van der Waals surface area (Å²) in [6.07, 6.45) is 11.9. The fraction of sp³-hybridized carbons (Fsp3) is 0.500. The molecule has 1 saturated carbocycles. The van der Waals surface area contributed by atoms with Crippen molar-refractivity contribution in [2.75, 3.05) is 18.5 Å². The summed E-state index contributed by atoms with van der Waals surface area (Å²) in [5.74, 6) is -1.22. The lowest BCUT2D eigenvalue weighted by Crippen LogP contribution is -2.51. The van der Waals surface area contributed by atoms with E-state index in [0.717, 1.165) is 36.5 Å². The third-order valence-corrected chi connectivity index (χ3v) is 8.66. The second kappa shape index (κ2) is 9.45. The molecule has 1 unspecified atom stereocenters. The van der Waals surface area contributed by atoms with E-state index in [9.17, 15) is 14.4 Å². The molecule has 3 fully saturated rings. The van der Waals surface area contributed by atoms with Crippen LogP contribution in [0.3, 0.4) is 0 Å². The molecule has 2 N–H and O–H groups in total. The predicted molar refractivity (Wildman–Crippen MR) is 137 cm³/mol. The van der Waals surface area contributed by atoms with E-state index in [2.05, 4.69) is 33.2 Å². The van der Waals surface area contributed by atoms with Crippen molar-refractivity contribution in [2.45, 2.75) is 70.0 Å². The van der Waals surface area contributed by atoms with E-state index in [0.29, 0.717) is 53.4 Å².